The SMILES string of the molecule is Cc1[nH]ncc1CNc1ccc(I)cc1Cl. The molecule has 3 nitrogen and oxygen atoms in total. The van der Waals surface area contributed by atoms with Crippen molar-refractivity contribution in [3.8, 4) is 0 Å². The van der Waals surface area contributed by atoms with Crippen LogP contribution in [0.1, 0.15) is 11.3 Å². The fourth-order valence-electron chi connectivity index (χ4n) is 1.38. The molecule has 0 radical (unpaired) electrons. The average molecular weight is 348 g/mol. The smallest absolute Gasteiger partial charge is 0.0648 e. The van der Waals surface area contributed by atoms with E-state index in [0.717, 1.165) is 32.1 Å². The Labute approximate surface area is 113 Å². The summed E-state index contributed by atoms with van der Waals surface area (Å²) in [7, 11) is 0. The molecule has 2 rings (SSSR count). The standard InChI is InChI=1S/C11H11ClIN3/c1-7-8(6-15-16-7)5-14-11-3-2-9(13)4-10(11)12/h2-4,6,14H,5H2,1H3,(H,15,16). The Hall–Kier alpha value is -0.750. The largest absolute Gasteiger partial charge is 0.380 e. The van der Waals surface area contributed by atoms with E-state index in [-0.39, 0.29) is 0 Å². The first-order valence-corrected chi connectivity index (χ1v) is 6.30. The van der Waals surface area contributed by atoms with Crippen LogP contribution in [0.15, 0.2) is 24.4 Å². The van der Waals surface area contributed by atoms with Gasteiger partial charge in [-0.1, -0.05) is 11.6 Å². The number of nitrogens with zero attached hydrogens (tertiary/aromatic N) is 1. The normalized spacial score (nSPS) is 10.4. The van der Waals surface area contributed by atoms with Crippen molar-refractivity contribution in [1.29, 1.82) is 0 Å². The van der Waals surface area contributed by atoms with Gasteiger partial charge in [-0.15, -0.1) is 0 Å². The third kappa shape index (κ3) is 2.68. The van der Waals surface area contributed by atoms with Crippen LogP contribution in [0.4, 0.5) is 5.69 Å². The molecule has 1 aromatic carbocycles. The Bertz CT molecular complexity index is 496. The highest BCUT2D eigenvalue weighted by Crippen LogP contribution is 2.24. The first-order valence-electron chi connectivity index (χ1n) is 4.84. The Morgan fingerprint density at radius 2 is 2.31 bits per heavy atom. The number of rotatable bonds is 3. The lowest BCUT2D eigenvalue weighted by Crippen LogP contribution is -2.00. The van der Waals surface area contributed by atoms with Crippen molar-refractivity contribution in [2.24, 2.45) is 0 Å². The van der Waals surface area contributed by atoms with E-state index < -0.39 is 0 Å². The molecule has 16 heavy (non-hydrogen) atoms. The molecular formula is C11H11ClIN3. The summed E-state index contributed by atoms with van der Waals surface area (Å²) in [6.07, 6.45) is 1.82. The second-order valence-corrected chi connectivity index (χ2v) is 5.15. The van der Waals surface area contributed by atoms with Gasteiger partial charge in [0.25, 0.3) is 0 Å². The molecule has 2 aromatic rings. The minimum Gasteiger partial charge on any atom is -0.380 e. The number of nitrogens with one attached hydrogen (secondary N) is 2. The molecule has 0 aliphatic rings. The lowest BCUT2D eigenvalue weighted by Gasteiger charge is -2.07. The molecule has 0 saturated heterocycles. The second-order valence-electron chi connectivity index (χ2n) is 3.50. The Morgan fingerprint density at radius 3 is 2.94 bits per heavy atom. The molecule has 0 spiro atoms. The number of hydrogen-bond acceptors (Lipinski definition) is 2. The molecule has 0 amide bonds. The van der Waals surface area contributed by atoms with E-state index >= 15 is 0 Å². The Kier molecular flexibility index (Phi) is 3.70. The quantitative estimate of drug-likeness (QED) is 0.833. The monoisotopic (exact) mass is 347 g/mol. The van der Waals surface area contributed by atoms with Crippen molar-refractivity contribution in [2.45, 2.75) is 13.5 Å². The van der Waals surface area contributed by atoms with Gasteiger partial charge >= 0.3 is 0 Å². The molecule has 0 atom stereocenters. The summed E-state index contributed by atoms with van der Waals surface area (Å²) >= 11 is 8.36. The predicted octanol–water partition coefficient (Wildman–Crippen LogP) is 3.59. The van der Waals surface area contributed by atoms with Crippen molar-refractivity contribution in [3.63, 3.8) is 0 Å². The van der Waals surface area contributed by atoms with Crippen LogP contribution in [-0.4, -0.2) is 10.2 Å². The number of aromatic nitrogens is 2. The van der Waals surface area contributed by atoms with Gasteiger partial charge in [0.15, 0.2) is 0 Å². The fraction of sp³-hybridized carbons (Fsp3) is 0.182. The van der Waals surface area contributed by atoms with Crippen LogP contribution >= 0.6 is 34.2 Å². The van der Waals surface area contributed by atoms with Gasteiger partial charge < -0.3 is 5.32 Å². The Balaban J connectivity index is 2.08. The predicted molar refractivity (Wildman–Crippen MR) is 74.8 cm³/mol. The number of benzene rings is 1. The van der Waals surface area contributed by atoms with Crippen LogP contribution in [0.3, 0.4) is 0 Å². The summed E-state index contributed by atoms with van der Waals surface area (Å²) in [5.41, 5.74) is 3.17. The maximum atomic E-state index is 6.12. The zero-order chi connectivity index (χ0) is 11.5. The first kappa shape index (κ1) is 11.7. The van der Waals surface area contributed by atoms with Gasteiger partial charge in [-0.05, 0) is 47.7 Å². The zero-order valence-corrected chi connectivity index (χ0v) is 11.6. The van der Waals surface area contributed by atoms with Crippen LogP contribution in [0.25, 0.3) is 0 Å². The van der Waals surface area contributed by atoms with E-state index in [4.69, 9.17) is 11.6 Å². The lowest BCUT2D eigenvalue weighted by molar-refractivity contribution is 1.04. The highest BCUT2D eigenvalue weighted by molar-refractivity contribution is 14.1. The minimum atomic E-state index is 0.725. The van der Waals surface area contributed by atoms with E-state index in [1.807, 2.05) is 31.3 Å². The van der Waals surface area contributed by atoms with E-state index in [9.17, 15) is 0 Å². The van der Waals surface area contributed by atoms with Gasteiger partial charge in [-0.25, -0.2) is 0 Å². The zero-order valence-electron chi connectivity index (χ0n) is 8.72. The van der Waals surface area contributed by atoms with Crippen LogP contribution in [0, 0.1) is 10.5 Å². The van der Waals surface area contributed by atoms with Crippen molar-refractivity contribution in [2.75, 3.05) is 5.32 Å². The number of aryl methyl sites for hydroxylation is 1. The molecule has 0 aliphatic carbocycles. The highest BCUT2D eigenvalue weighted by atomic mass is 127. The van der Waals surface area contributed by atoms with Crippen LogP contribution in [0.2, 0.25) is 5.02 Å². The summed E-state index contributed by atoms with van der Waals surface area (Å²) in [6.45, 7) is 2.72. The van der Waals surface area contributed by atoms with Gasteiger partial charge in [-0.3, -0.25) is 5.10 Å². The molecule has 1 heterocycles. The molecule has 0 fully saturated rings. The summed E-state index contributed by atoms with van der Waals surface area (Å²) in [5, 5.41) is 10.9. The lowest BCUT2D eigenvalue weighted by atomic mass is 10.2. The van der Waals surface area contributed by atoms with E-state index in [0.29, 0.717) is 0 Å². The van der Waals surface area contributed by atoms with E-state index in [1.165, 1.54) is 0 Å². The van der Waals surface area contributed by atoms with E-state index in [2.05, 4.69) is 38.1 Å². The van der Waals surface area contributed by atoms with Crippen molar-refractivity contribution in [3.05, 3.63) is 44.2 Å². The highest BCUT2D eigenvalue weighted by Gasteiger charge is 2.03. The average Bonchev–Trinajstić information content (AvgIpc) is 2.63. The molecule has 0 aliphatic heterocycles. The summed E-state index contributed by atoms with van der Waals surface area (Å²) in [4.78, 5) is 0. The number of hydrogen-bond donors (Lipinski definition) is 2. The number of H-pyrrole nitrogens is 1. The Morgan fingerprint density at radius 1 is 1.50 bits per heavy atom. The van der Waals surface area contributed by atoms with Gasteiger partial charge in [0.2, 0.25) is 0 Å². The molecule has 2 N–H and O–H groups in total. The molecule has 84 valence electrons. The first-order chi connectivity index (χ1) is 7.66. The summed E-state index contributed by atoms with van der Waals surface area (Å²) < 4.78 is 1.13. The molecule has 0 bridgehead atoms. The van der Waals surface area contributed by atoms with Crippen LogP contribution < -0.4 is 5.32 Å². The summed E-state index contributed by atoms with van der Waals surface area (Å²) in [5.74, 6) is 0. The number of anilines is 1. The van der Waals surface area contributed by atoms with Gasteiger partial charge in [0.05, 0.1) is 16.9 Å². The van der Waals surface area contributed by atoms with E-state index in [1.54, 1.807) is 0 Å². The molecule has 1 aromatic heterocycles. The fourth-order valence-corrected chi connectivity index (χ4v) is 2.30. The number of aromatic amines is 1. The van der Waals surface area contributed by atoms with Gasteiger partial charge in [0.1, 0.15) is 0 Å². The maximum absolute atomic E-state index is 6.12. The summed E-state index contributed by atoms with van der Waals surface area (Å²) in [6, 6.07) is 5.95. The molecule has 5 heteroatoms. The van der Waals surface area contributed by atoms with Crippen molar-refractivity contribution >= 4 is 39.9 Å². The minimum absolute atomic E-state index is 0.725. The molecule has 0 unspecified atom stereocenters. The third-order valence-electron chi connectivity index (χ3n) is 2.33. The maximum Gasteiger partial charge on any atom is 0.0648 e. The van der Waals surface area contributed by atoms with Crippen molar-refractivity contribution in [1.82, 2.24) is 10.2 Å². The molecular weight excluding hydrogens is 336 g/mol. The van der Waals surface area contributed by atoms with Gasteiger partial charge in [-0.2, -0.15) is 5.10 Å². The third-order valence-corrected chi connectivity index (χ3v) is 3.32. The van der Waals surface area contributed by atoms with Gasteiger partial charge in [0, 0.05) is 21.4 Å². The second kappa shape index (κ2) is 5.05. The van der Waals surface area contributed by atoms with Crippen LogP contribution in [0.5, 0.6) is 0 Å². The topological polar surface area (TPSA) is 40.7 Å². The van der Waals surface area contributed by atoms with Crippen LogP contribution in [-0.2, 0) is 6.54 Å². The van der Waals surface area contributed by atoms with Crippen molar-refractivity contribution < 1.29 is 0 Å². The molecule has 0 saturated carbocycles. The number of halogens is 2.